The molecule has 2 heteroatoms. The third-order valence-electron chi connectivity index (χ3n) is 1.73. The molecule has 0 aliphatic heterocycles. The molecule has 1 atom stereocenters. The van der Waals surface area contributed by atoms with Crippen LogP contribution < -0.4 is 5.73 Å². The van der Waals surface area contributed by atoms with Crippen molar-refractivity contribution in [2.24, 2.45) is 5.73 Å². The zero-order chi connectivity index (χ0) is 9.03. The van der Waals surface area contributed by atoms with Crippen LogP contribution in [0, 0.1) is 0 Å². The van der Waals surface area contributed by atoms with Crippen molar-refractivity contribution >= 4 is 0 Å². The normalized spacial score (nSPS) is 15.2. The fraction of sp³-hybridized carbons (Fsp3) is 0.200. The van der Waals surface area contributed by atoms with Crippen LogP contribution >= 0.6 is 0 Å². The zero-order valence-corrected chi connectivity index (χ0v) is 6.90. The lowest BCUT2D eigenvalue weighted by Gasteiger charge is -2.21. The van der Waals surface area contributed by atoms with Crippen molar-refractivity contribution in [1.82, 2.24) is 0 Å². The fourth-order valence-electron chi connectivity index (χ4n) is 1.06. The highest BCUT2D eigenvalue weighted by atomic mass is 16.3. The lowest BCUT2D eigenvalue weighted by molar-refractivity contribution is 0.0469. The molecule has 0 fully saturated rings. The van der Waals surface area contributed by atoms with Crippen molar-refractivity contribution in [1.29, 1.82) is 0 Å². The van der Waals surface area contributed by atoms with Gasteiger partial charge in [0.15, 0.2) is 0 Å². The Labute approximate surface area is 72.3 Å². The first-order valence-corrected chi connectivity index (χ1v) is 3.84. The van der Waals surface area contributed by atoms with Crippen LogP contribution in [0.25, 0.3) is 0 Å². The van der Waals surface area contributed by atoms with E-state index in [4.69, 9.17) is 5.73 Å². The summed E-state index contributed by atoms with van der Waals surface area (Å²) >= 11 is 0. The van der Waals surface area contributed by atoms with E-state index < -0.39 is 5.72 Å². The SMILES string of the molecule is C=CCC(N)(O)c1ccccc1. The Bertz CT molecular complexity index is 254. The van der Waals surface area contributed by atoms with Gasteiger partial charge in [-0.3, -0.25) is 5.73 Å². The summed E-state index contributed by atoms with van der Waals surface area (Å²) in [5.74, 6) is 0. The second kappa shape index (κ2) is 3.52. The van der Waals surface area contributed by atoms with Crippen LogP contribution in [0.5, 0.6) is 0 Å². The Hall–Kier alpha value is -1.12. The van der Waals surface area contributed by atoms with Gasteiger partial charge < -0.3 is 5.11 Å². The van der Waals surface area contributed by atoms with Crippen molar-refractivity contribution in [3.05, 3.63) is 48.6 Å². The molecule has 64 valence electrons. The molecule has 0 aliphatic carbocycles. The highest BCUT2D eigenvalue weighted by Gasteiger charge is 2.20. The fourth-order valence-corrected chi connectivity index (χ4v) is 1.06. The van der Waals surface area contributed by atoms with E-state index in [1.165, 1.54) is 0 Å². The van der Waals surface area contributed by atoms with Gasteiger partial charge in [0.1, 0.15) is 5.72 Å². The first-order valence-electron chi connectivity index (χ1n) is 3.84. The molecule has 0 aromatic heterocycles. The van der Waals surface area contributed by atoms with Crippen LogP contribution in [0.2, 0.25) is 0 Å². The first-order chi connectivity index (χ1) is 5.67. The van der Waals surface area contributed by atoms with Gasteiger partial charge in [0.05, 0.1) is 0 Å². The lowest BCUT2D eigenvalue weighted by atomic mass is 10.0. The van der Waals surface area contributed by atoms with Crippen molar-refractivity contribution < 1.29 is 5.11 Å². The minimum Gasteiger partial charge on any atom is -0.371 e. The molecule has 0 bridgehead atoms. The van der Waals surface area contributed by atoms with Crippen molar-refractivity contribution in [2.45, 2.75) is 12.1 Å². The van der Waals surface area contributed by atoms with Gasteiger partial charge in [-0.15, -0.1) is 6.58 Å². The Morgan fingerprint density at radius 3 is 2.50 bits per heavy atom. The zero-order valence-electron chi connectivity index (χ0n) is 6.90. The molecular weight excluding hydrogens is 150 g/mol. The van der Waals surface area contributed by atoms with Crippen molar-refractivity contribution in [2.75, 3.05) is 0 Å². The number of aliphatic hydroxyl groups is 1. The van der Waals surface area contributed by atoms with Gasteiger partial charge >= 0.3 is 0 Å². The summed E-state index contributed by atoms with van der Waals surface area (Å²) in [7, 11) is 0. The largest absolute Gasteiger partial charge is 0.371 e. The van der Waals surface area contributed by atoms with Crippen LogP contribution in [0.15, 0.2) is 43.0 Å². The summed E-state index contributed by atoms with van der Waals surface area (Å²) < 4.78 is 0. The summed E-state index contributed by atoms with van der Waals surface area (Å²) in [6.45, 7) is 3.53. The third kappa shape index (κ3) is 1.94. The van der Waals surface area contributed by atoms with Gasteiger partial charge in [-0.2, -0.15) is 0 Å². The van der Waals surface area contributed by atoms with Crippen LogP contribution in [0.1, 0.15) is 12.0 Å². The summed E-state index contributed by atoms with van der Waals surface area (Å²) in [6.07, 6.45) is 1.96. The van der Waals surface area contributed by atoms with E-state index in [0.29, 0.717) is 12.0 Å². The monoisotopic (exact) mass is 163 g/mol. The van der Waals surface area contributed by atoms with Crippen LogP contribution in [0.3, 0.4) is 0 Å². The second-order valence-electron chi connectivity index (χ2n) is 2.78. The predicted octanol–water partition coefficient (Wildman–Crippen LogP) is 1.37. The third-order valence-corrected chi connectivity index (χ3v) is 1.73. The average molecular weight is 163 g/mol. The smallest absolute Gasteiger partial charge is 0.143 e. The van der Waals surface area contributed by atoms with Crippen molar-refractivity contribution in [3.8, 4) is 0 Å². The predicted molar refractivity (Wildman–Crippen MR) is 49.3 cm³/mol. The van der Waals surface area contributed by atoms with Crippen molar-refractivity contribution in [3.63, 3.8) is 0 Å². The lowest BCUT2D eigenvalue weighted by Crippen LogP contribution is -2.35. The van der Waals surface area contributed by atoms with Crippen LogP contribution in [-0.4, -0.2) is 5.11 Å². The molecule has 2 nitrogen and oxygen atoms in total. The highest BCUT2D eigenvalue weighted by Crippen LogP contribution is 2.18. The first kappa shape index (κ1) is 8.97. The summed E-state index contributed by atoms with van der Waals surface area (Å²) in [5, 5.41) is 9.69. The van der Waals surface area contributed by atoms with Gasteiger partial charge in [0.2, 0.25) is 0 Å². The minimum atomic E-state index is -1.27. The molecule has 1 aromatic carbocycles. The van der Waals surface area contributed by atoms with E-state index >= 15 is 0 Å². The van der Waals surface area contributed by atoms with E-state index in [9.17, 15) is 5.11 Å². The molecular formula is C10H13NO. The molecule has 1 rings (SSSR count). The maximum absolute atomic E-state index is 9.69. The average Bonchev–Trinajstić information content (AvgIpc) is 2.06. The molecule has 12 heavy (non-hydrogen) atoms. The van der Waals surface area contributed by atoms with Gasteiger partial charge in [0.25, 0.3) is 0 Å². The molecule has 3 N–H and O–H groups in total. The Morgan fingerprint density at radius 2 is 2.00 bits per heavy atom. The molecule has 0 aliphatic rings. The van der Waals surface area contributed by atoms with Gasteiger partial charge in [-0.1, -0.05) is 36.4 Å². The minimum absolute atomic E-state index is 0.358. The van der Waals surface area contributed by atoms with Gasteiger partial charge in [-0.05, 0) is 5.56 Å². The molecule has 0 saturated carbocycles. The Kier molecular flexibility index (Phi) is 2.63. The standard InChI is InChI=1S/C10H13NO/c1-2-8-10(11,12)9-6-4-3-5-7-9/h2-7,12H,1,8,11H2. The van der Waals surface area contributed by atoms with Crippen LogP contribution in [-0.2, 0) is 5.72 Å². The maximum Gasteiger partial charge on any atom is 0.143 e. The highest BCUT2D eigenvalue weighted by molar-refractivity contribution is 5.21. The second-order valence-corrected chi connectivity index (χ2v) is 2.78. The number of hydrogen-bond donors (Lipinski definition) is 2. The summed E-state index contributed by atoms with van der Waals surface area (Å²) in [4.78, 5) is 0. The van der Waals surface area contributed by atoms with E-state index in [1.54, 1.807) is 18.2 Å². The molecule has 0 radical (unpaired) electrons. The molecule has 0 heterocycles. The Balaban J connectivity index is 2.89. The van der Waals surface area contributed by atoms with Gasteiger partial charge in [-0.25, -0.2) is 0 Å². The summed E-state index contributed by atoms with van der Waals surface area (Å²) in [5.41, 5.74) is 5.07. The van der Waals surface area contributed by atoms with Crippen LogP contribution in [0.4, 0.5) is 0 Å². The Morgan fingerprint density at radius 1 is 1.42 bits per heavy atom. The number of hydrogen-bond acceptors (Lipinski definition) is 2. The van der Waals surface area contributed by atoms with E-state index in [-0.39, 0.29) is 0 Å². The topological polar surface area (TPSA) is 46.2 Å². The molecule has 0 amide bonds. The van der Waals surface area contributed by atoms with Gasteiger partial charge in [0, 0.05) is 6.42 Å². The maximum atomic E-state index is 9.69. The molecule has 1 unspecified atom stereocenters. The van der Waals surface area contributed by atoms with E-state index in [1.807, 2.05) is 18.2 Å². The quantitative estimate of drug-likeness (QED) is 0.522. The number of nitrogens with two attached hydrogens (primary N) is 1. The number of benzene rings is 1. The van der Waals surface area contributed by atoms with E-state index in [2.05, 4.69) is 6.58 Å². The summed E-state index contributed by atoms with van der Waals surface area (Å²) in [6, 6.07) is 9.16. The van der Waals surface area contributed by atoms with E-state index in [0.717, 1.165) is 0 Å². The molecule has 1 aromatic rings. The number of rotatable bonds is 3. The molecule has 0 saturated heterocycles. The molecule has 0 spiro atoms.